The summed E-state index contributed by atoms with van der Waals surface area (Å²) in [7, 11) is 0. The number of hydrogen-bond acceptors (Lipinski definition) is 1. The predicted molar refractivity (Wildman–Crippen MR) is 76.9 cm³/mol. The predicted octanol–water partition coefficient (Wildman–Crippen LogP) is 3.23. The number of rotatable bonds is 3. The third-order valence-corrected chi connectivity index (χ3v) is 4.47. The molecule has 0 unspecified atom stereocenters. The Balaban J connectivity index is 2.19. The van der Waals surface area contributed by atoms with Gasteiger partial charge in [0.25, 0.3) is 0 Å². The standard InChI is InChI=1S/C15H10ClNSe/c16-13-8-6-12(7-9-13)10-15(11-17)18-14-4-2-1-3-5-14/h1-10H/b15-10+. The summed E-state index contributed by atoms with van der Waals surface area (Å²) >= 11 is 5.88. The minimum atomic E-state index is 0.0512. The molecule has 0 saturated heterocycles. The van der Waals surface area contributed by atoms with Crippen LogP contribution in [0, 0.1) is 11.3 Å². The molecule has 0 spiro atoms. The molecule has 1 nitrogen and oxygen atoms in total. The second kappa shape index (κ2) is 6.42. The number of hydrogen-bond donors (Lipinski definition) is 0. The Bertz CT molecular complexity index is 582. The minimum absolute atomic E-state index is 0.0512. The van der Waals surface area contributed by atoms with Crippen LogP contribution in [0.25, 0.3) is 6.08 Å². The molecule has 18 heavy (non-hydrogen) atoms. The Labute approximate surface area is 118 Å². The average molecular weight is 319 g/mol. The van der Waals surface area contributed by atoms with Crippen LogP contribution in [0.1, 0.15) is 5.56 Å². The zero-order valence-corrected chi connectivity index (χ0v) is 12.0. The van der Waals surface area contributed by atoms with E-state index in [2.05, 4.69) is 6.07 Å². The van der Waals surface area contributed by atoms with Gasteiger partial charge in [-0.2, -0.15) is 0 Å². The molecule has 0 radical (unpaired) electrons. The van der Waals surface area contributed by atoms with Crippen molar-refractivity contribution in [2.45, 2.75) is 0 Å². The van der Waals surface area contributed by atoms with Crippen molar-refractivity contribution in [1.29, 1.82) is 5.26 Å². The van der Waals surface area contributed by atoms with Gasteiger partial charge in [0.15, 0.2) is 0 Å². The van der Waals surface area contributed by atoms with E-state index in [0.717, 1.165) is 10.0 Å². The SMILES string of the molecule is N#C/C(=C\c1ccc(Cl)cc1)[Se]c1ccccc1. The van der Waals surface area contributed by atoms with Crippen LogP contribution in [0.2, 0.25) is 5.02 Å². The van der Waals surface area contributed by atoms with Crippen molar-refractivity contribution in [1.82, 2.24) is 0 Å². The van der Waals surface area contributed by atoms with Crippen molar-refractivity contribution in [2.75, 3.05) is 0 Å². The van der Waals surface area contributed by atoms with Crippen LogP contribution in [-0.2, 0) is 0 Å². The Morgan fingerprint density at radius 3 is 2.33 bits per heavy atom. The third-order valence-electron chi connectivity index (χ3n) is 2.25. The zero-order chi connectivity index (χ0) is 12.8. The fraction of sp³-hybridized carbons (Fsp3) is 0. The van der Waals surface area contributed by atoms with Gasteiger partial charge in [-0.05, 0) is 0 Å². The van der Waals surface area contributed by atoms with Crippen molar-refractivity contribution in [3.8, 4) is 6.07 Å². The summed E-state index contributed by atoms with van der Waals surface area (Å²) in [5, 5.41) is 9.88. The molecule has 3 heteroatoms. The van der Waals surface area contributed by atoms with Gasteiger partial charge in [0.1, 0.15) is 0 Å². The van der Waals surface area contributed by atoms with Crippen LogP contribution in [0.3, 0.4) is 0 Å². The maximum atomic E-state index is 9.17. The molecule has 0 aliphatic carbocycles. The number of nitrogens with zero attached hydrogens (tertiary/aromatic N) is 1. The summed E-state index contributed by atoms with van der Waals surface area (Å²) in [4.78, 5) is 0. The second-order valence-corrected chi connectivity index (χ2v) is 6.36. The Hall–Kier alpha value is -1.52. The normalized spacial score (nSPS) is 11.0. The van der Waals surface area contributed by atoms with Gasteiger partial charge < -0.3 is 0 Å². The first-order valence-corrected chi connectivity index (χ1v) is 7.47. The van der Waals surface area contributed by atoms with E-state index in [1.165, 1.54) is 4.46 Å². The van der Waals surface area contributed by atoms with Crippen LogP contribution in [0.15, 0.2) is 59.1 Å². The van der Waals surface area contributed by atoms with Crippen molar-refractivity contribution >= 4 is 37.1 Å². The molecule has 0 amide bonds. The van der Waals surface area contributed by atoms with E-state index in [1.807, 2.05) is 60.7 Å². The van der Waals surface area contributed by atoms with Crippen LogP contribution < -0.4 is 4.46 Å². The molecule has 0 bridgehead atoms. The van der Waals surface area contributed by atoms with Gasteiger partial charge >= 0.3 is 118 Å². The van der Waals surface area contributed by atoms with Gasteiger partial charge in [0, 0.05) is 0 Å². The van der Waals surface area contributed by atoms with Crippen molar-refractivity contribution in [3.63, 3.8) is 0 Å². The molecule has 2 aromatic rings. The average Bonchev–Trinajstić information content (AvgIpc) is 2.41. The van der Waals surface area contributed by atoms with Crippen molar-refractivity contribution < 1.29 is 0 Å². The Morgan fingerprint density at radius 2 is 1.72 bits per heavy atom. The van der Waals surface area contributed by atoms with Crippen LogP contribution in [0.4, 0.5) is 0 Å². The van der Waals surface area contributed by atoms with E-state index in [4.69, 9.17) is 11.6 Å². The van der Waals surface area contributed by atoms with Crippen molar-refractivity contribution in [3.05, 3.63) is 69.7 Å². The summed E-state index contributed by atoms with van der Waals surface area (Å²) in [6.45, 7) is 0. The van der Waals surface area contributed by atoms with E-state index in [9.17, 15) is 5.26 Å². The summed E-state index contributed by atoms with van der Waals surface area (Å²) in [6, 6.07) is 19.8. The molecule has 88 valence electrons. The first-order valence-electron chi connectivity index (χ1n) is 5.38. The van der Waals surface area contributed by atoms with Crippen LogP contribution in [0.5, 0.6) is 0 Å². The summed E-state index contributed by atoms with van der Waals surface area (Å²) in [5.41, 5.74) is 1.01. The molecule has 0 saturated carbocycles. The topological polar surface area (TPSA) is 23.8 Å². The number of benzene rings is 2. The first-order chi connectivity index (χ1) is 8.78. The first kappa shape index (κ1) is 12.9. The van der Waals surface area contributed by atoms with Gasteiger partial charge in [-0.3, -0.25) is 0 Å². The van der Waals surface area contributed by atoms with Crippen molar-refractivity contribution in [2.24, 2.45) is 0 Å². The van der Waals surface area contributed by atoms with Gasteiger partial charge in [-0.15, -0.1) is 0 Å². The van der Waals surface area contributed by atoms with Gasteiger partial charge in [0.05, 0.1) is 0 Å². The zero-order valence-electron chi connectivity index (χ0n) is 9.51. The summed E-state index contributed by atoms with van der Waals surface area (Å²) < 4.78 is 2.00. The van der Waals surface area contributed by atoms with Crippen LogP contribution >= 0.6 is 11.6 Å². The molecule has 2 rings (SSSR count). The molecule has 0 aromatic heterocycles. The van der Waals surface area contributed by atoms with Crippen LogP contribution in [-0.4, -0.2) is 15.0 Å². The molecule has 0 aliphatic heterocycles. The Morgan fingerprint density at radius 1 is 1.06 bits per heavy atom. The molecular weight excluding hydrogens is 309 g/mol. The molecule has 0 heterocycles. The molecule has 0 fully saturated rings. The number of allylic oxidation sites excluding steroid dienone is 1. The summed E-state index contributed by atoms with van der Waals surface area (Å²) in [6.07, 6.45) is 1.92. The van der Waals surface area contributed by atoms with E-state index in [1.54, 1.807) is 0 Å². The molecule has 2 aromatic carbocycles. The van der Waals surface area contributed by atoms with E-state index >= 15 is 0 Å². The van der Waals surface area contributed by atoms with E-state index < -0.39 is 0 Å². The third kappa shape index (κ3) is 3.75. The molecular formula is C15H10ClNSe. The van der Waals surface area contributed by atoms with Gasteiger partial charge in [-0.1, -0.05) is 0 Å². The Kier molecular flexibility index (Phi) is 4.61. The summed E-state index contributed by atoms with van der Waals surface area (Å²) in [5.74, 6) is 0. The number of nitriles is 1. The fourth-order valence-electron chi connectivity index (χ4n) is 1.41. The second-order valence-electron chi connectivity index (χ2n) is 3.59. The van der Waals surface area contributed by atoms with Gasteiger partial charge in [0.2, 0.25) is 0 Å². The molecule has 0 atom stereocenters. The molecule has 0 aliphatic rings. The van der Waals surface area contributed by atoms with Gasteiger partial charge in [-0.25, -0.2) is 0 Å². The monoisotopic (exact) mass is 319 g/mol. The number of halogens is 1. The maximum absolute atomic E-state index is 9.17. The fourth-order valence-corrected chi connectivity index (χ4v) is 3.19. The molecule has 0 N–H and O–H groups in total. The quantitative estimate of drug-likeness (QED) is 0.629. The van der Waals surface area contributed by atoms with E-state index in [0.29, 0.717) is 5.02 Å². The van der Waals surface area contributed by atoms with E-state index in [-0.39, 0.29) is 15.0 Å².